The van der Waals surface area contributed by atoms with E-state index >= 15 is 0 Å². The first-order valence-corrected chi connectivity index (χ1v) is 3.88. The van der Waals surface area contributed by atoms with Crippen LogP contribution in [0, 0.1) is 29.8 Å². The van der Waals surface area contributed by atoms with Crippen LogP contribution in [0.2, 0.25) is 0 Å². The van der Waals surface area contributed by atoms with Gasteiger partial charge in [0.2, 0.25) is 0 Å². The van der Waals surface area contributed by atoms with Crippen molar-refractivity contribution in [1.82, 2.24) is 0 Å². The van der Waals surface area contributed by atoms with Gasteiger partial charge in [0, 0.05) is 5.69 Å². The number of nitrogens with zero attached hydrogens (tertiary/aromatic N) is 2. The fourth-order valence-electron chi connectivity index (χ4n) is 0.966. The summed E-state index contributed by atoms with van der Waals surface area (Å²) >= 11 is 0. The predicted molar refractivity (Wildman–Crippen MR) is 51.3 cm³/mol. The van der Waals surface area contributed by atoms with Gasteiger partial charge in [0.05, 0.1) is 11.1 Å². The summed E-state index contributed by atoms with van der Waals surface area (Å²) in [7, 11) is 2.93. The van der Waals surface area contributed by atoms with E-state index in [-0.39, 0.29) is 11.1 Å². The third kappa shape index (κ3) is 2.45. The van der Waals surface area contributed by atoms with Crippen molar-refractivity contribution in [3.8, 4) is 12.1 Å². The number of hydrogen-bond donors (Lipinski definition) is 1. The zero-order chi connectivity index (χ0) is 11.3. The van der Waals surface area contributed by atoms with Crippen LogP contribution in [-0.2, 0) is 4.74 Å². The highest BCUT2D eigenvalue weighted by Crippen LogP contribution is 2.14. The lowest BCUT2D eigenvalue weighted by molar-refractivity contribution is 0.199. The van der Waals surface area contributed by atoms with Gasteiger partial charge in [-0.15, -0.1) is 0 Å². The Morgan fingerprint density at radius 1 is 1.33 bits per heavy atom. The Hall–Kier alpha value is -2.53. The quantitative estimate of drug-likeness (QED) is 0.748. The number of rotatable bonds is 1. The predicted octanol–water partition coefficient (Wildman–Crippen LogP) is 1.77. The second-order valence-corrected chi connectivity index (χ2v) is 2.54. The molecule has 1 aromatic rings. The number of benzene rings is 1. The Labute approximate surface area is 86.5 Å². The number of carbonyl (C=O) groups is 1. The van der Waals surface area contributed by atoms with Crippen molar-refractivity contribution in [2.75, 3.05) is 5.32 Å². The molecule has 0 unspecified atom stereocenters. The summed E-state index contributed by atoms with van der Waals surface area (Å²) in [5, 5.41) is 19.7. The SMILES string of the molecule is [CH2]OC(=O)Nc1ccc(C#N)c(C#N)c1. The van der Waals surface area contributed by atoms with Gasteiger partial charge in [0.15, 0.2) is 0 Å². The van der Waals surface area contributed by atoms with Crippen LogP contribution in [0.3, 0.4) is 0 Å². The zero-order valence-electron chi connectivity index (χ0n) is 7.65. The van der Waals surface area contributed by atoms with Gasteiger partial charge in [-0.05, 0) is 18.2 Å². The Morgan fingerprint density at radius 2 is 2.00 bits per heavy atom. The molecule has 1 rings (SSSR count). The Balaban J connectivity index is 3.01. The smallest absolute Gasteiger partial charge is 0.411 e. The van der Waals surface area contributed by atoms with E-state index in [4.69, 9.17) is 10.5 Å². The molecular weight excluding hydrogens is 194 g/mol. The van der Waals surface area contributed by atoms with Gasteiger partial charge in [-0.1, -0.05) is 0 Å². The van der Waals surface area contributed by atoms with Gasteiger partial charge in [-0.2, -0.15) is 10.5 Å². The van der Waals surface area contributed by atoms with Crippen LogP contribution in [0.5, 0.6) is 0 Å². The maximum Gasteiger partial charge on any atom is 0.411 e. The third-order valence-electron chi connectivity index (χ3n) is 1.64. The van der Waals surface area contributed by atoms with Crippen molar-refractivity contribution in [3.05, 3.63) is 36.4 Å². The van der Waals surface area contributed by atoms with E-state index in [2.05, 4.69) is 17.2 Å². The van der Waals surface area contributed by atoms with Crippen LogP contribution in [0.4, 0.5) is 10.5 Å². The van der Waals surface area contributed by atoms with Crippen molar-refractivity contribution in [2.45, 2.75) is 0 Å². The van der Waals surface area contributed by atoms with E-state index in [1.54, 1.807) is 0 Å². The number of ether oxygens (including phenoxy) is 1. The molecule has 0 spiro atoms. The molecule has 0 aliphatic rings. The molecule has 0 aliphatic carbocycles. The molecule has 0 aliphatic heterocycles. The summed E-state index contributed by atoms with van der Waals surface area (Å²) in [4.78, 5) is 10.8. The molecule has 1 radical (unpaired) electrons. The van der Waals surface area contributed by atoms with E-state index in [0.29, 0.717) is 5.69 Å². The molecule has 0 bridgehead atoms. The van der Waals surface area contributed by atoms with Crippen LogP contribution in [0.1, 0.15) is 11.1 Å². The molecule has 0 atom stereocenters. The average molecular weight is 200 g/mol. The van der Waals surface area contributed by atoms with Gasteiger partial charge < -0.3 is 4.74 Å². The summed E-state index contributed by atoms with van der Waals surface area (Å²) in [5.74, 6) is 0. The van der Waals surface area contributed by atoms with E-state index in [1.165, 1.54) is 18.2 Å². The second-order valence-electron chi connectivity index (χ2n) is 2.54. The maximum atomic E-state index is 10.8. The van der Waals surface area contributed by atoms with Gasteiger partial charge in [0.1, 0.15) is 19.2 Å². The molecule has 0 fully saturated rings. The third-order valence-corrected chi connectivity index (χ3v) is 1.64. The van der Waals surface area contributed by atoms with Crippen molar-refractivity contribution >= 4 is 11.8 Å². The highest BCUT2D eigenvalue weighted by Gasteiger charge is 2.05. The lowest BCUT2D eigenvalue weighted by atomic mass is 10.1. The van der Waals surface area contributed by atoms with E-state index < -0.39 is 6.09 Å². The van der Waals surface area contributed by atoms with Gasteiger partial charge >= 0.3 is 6.09 Å². The first-order chi connectivity index (χ1) is 7.21. The summed E-state index contributed by atoms with van der Waals surface area (Å²) in [6.45, 7) is 0. The molecule has 0 heterocycles. The Bertz CT molecular complexity index is 469. The molecule has 1 amide bonds. The molecule has 0 saturated carbocycles. The minimum atomic E-state index is -0.733. The van der Waals surface area contributed by atoms with Crippen molar-refractivity contribution in [1.29, 1.82) is 10.5 Å². The van der Waals surface area contributed by atoms with Gasteiger partial charge in [0.25, 0.3) is 0 Å². The van der Waals surface area contributed by atoms with Crippen LogP contribution >= 0.6 is 0 Å². The number of carbonyl (C=O) groups excluding carboxylic acids is 1. The van der Waals surface area contributed by atoms with Crippen molar-refractivity contribution in [3.63, 3.8) is 0 Å². The summed E-state index contributed by atoms with van der Waals surface area (Å²) in [6, 6.07) is 8.03. The van der Waals surface area contributed by atoms with Gasteiger partial charge in [-0.3, -0.25) is 5.32 Å². The standard InChI is InChI=1S/C10H6N3O2/c1-15-10(14)13-9-3-2-7(5-11)8(4-9)6-12/h2-4H,1H2,(H,13,14). The molecule has 5 nitrogen and oxygen atoms in total. The summed E-state index contributed by atoms with van der Waals surface area (Å²) < 4.78 is 4.14. The molecule has 1 aromatic carbocycles. The molecule has 0 aromatic heterocycles. The number of amides is 1. The largest absolute Gasteiger partial charge is 0.446 e. The number of hydrogen-bond acceptors (Lipinski definition) is 4. The molecule has 15 heavy (non-hydrogen) atoms. The van der Waals surface area contributed by atoms with Crippen LogP contribution < -0.4 is 5.32 Å². The molecule has 0 saturated heterocycles. The van der Waals surface area contributed by atoms with Gasteiger partial charge in [-0.25, -0.2) is 4.79 Å². The number of nitrogens with one attached hydrogen (secondary N) is 1. The van der Waals surface area contributed by atoms with Crippen molar-refractivity contribution < 1.29 is 9.53 Å². The fourth-order valence-corrected chi connectivity index (χ4v) is 0.966. The van der Waals surface area contributed by atoms with E-state index in [0.717, 1.165) is 0 Å². The fraction of sp³-hybridized carbons (Fsp3) is 0. The van der Waals surface area contributed by atoms with Crippen LogP contribution in [-0.4, -0.2) is 6.09 Å². The maximum absolute atomic E-state index is 10.8. The Kier molecular flexibility index (Phi) is 3.26. The lowest BCUT2D eigenvalue weighted by Crippen LogP contribution is -2.10. The average Bonchev–Trinajstić information content (AvgIpc) is 2.28. The molecule has 1 N–H and O–H groups in total. The molecular formula is C10H6N3O2. The number of anilines is 1. The second kappa shape index (κ2) is 4.64. The van der Waals surface area contributed by atoms with Crippen LogP contribution in [0.25, 0.3) is 0 Å². The summed E-state index contributed by atoms with van der Waals surface area (Å²) in [6.07, 6.45) is -0.733. The van der Waals surface area contributed by atoms with Crippen LogP contribution in [0.15, 0.2) is 18.2 Å². The monoisotopic (exact) mass is 200 g/mol. The lowest BCUT2D eigenvalue weighted by Gasteiger charge is -2.03. The molecule has 5 heteroatoms. The number of nitriles is 2. The first-order valence-electron chi connectivity index (χ1n) is 3.88. The summed E-state index contributed by atoms with van der Waals surface area (Å²) in [5.41, 5.74) is 0.824. The Morgan fingerprint density at radius 3 is 2.53 bits per heavy atom. The highest BCUT2D eigenvalue weighted by molar-refractivity contribution is 5.85. The zero-order valence-corrected chi connectivity index (χ0v) is 7.65. The van der Waals surface area contributed by atoms with E-state index in [9.17, 15) is 4.79 Å². The van der Waals surface area contributed by atoms with E-state index in [1.807, 2.05) is 12.1 Å². The normalized spacial score (nSPS) is 8.47. The molecule has 73 valence electrons. The topological polar surface area (TPSA) is 85.9 Å². The first kappa shape index (κ1) is 10.6. The minimum Gasteiger partial charge on any atom is -0.446 e. The minimum absolute atomic E-state index is 0.194. The highest BCUT2D eigenvalue weighted by atomic mass is 16.5. The van der Waals surface area contributed by atoms with Crippen molar-refractivity contribution in [2.24, 2.45) is 0 Å².